The van der Waals surface area contributed by atoms with E-state index in [4.69, 9.17) is 0 Å². The maximum atomic E-state index is 10.2. The third-order valence-corrected chi connectivity index (χ3v) is 3.36. The number of aliphatic carboxylic acids is 1. The Kier molecular flexibility index (Phi) is 15.2. The Labute approximate surface area is 125 Å². The standard InChI is InChI=1S/C18H32O2/c1-2-3-4-5-6-7-8-9-10-11-12-13-14-15-16-17-18(19)20/h6-9H,2-5,10-17H2,1H3,(H,19,20)/p-1/b7-6-,9-8+. The van der Waals surface area contributed by atoms with E-state index in [1.165, 1.54) is 44.9 Å². The third kappa shape index (κ3) is 16.9. The van der Waals surface area contributed by atoms with Gasteiger partial charge in [0, 0.05) is 5.97 Å². The van der Waals surface area contributed by atoms with E-state index in [1.54, 1.807) is 0 Å². The summed E-state index contributed by atoms with van der Waals surface area (Å²) in [6, 6.07) is 0. The summed E-state index contributed by atoms with van der Waals surface area (Å²) in [5, 5.41) is 10.2. The highest BCUT2D eigenvalue weighted by Gasteiger charge is 1.91. The number of unbranched alkanes of at least 4 members (excludes halogenated alkanes) is 9. The molecule has 2 nitrogen and oxygen atoms in total. The van der Waals surface area contributed by atoms with Crippen LogP contribution >= 0.6 is 0 Å². The highest BCUT2D eigenvalue weighted by atomic mass is 16.4. The largest absolute Gasteiger partial charge is 0.550 e. The van der Waals surface area contributed by atoms with E-state index in [-0.39, 0.29) is 6.42 Å². The molecule has 0 aromatic carbocycles. The second-order valence-corrected chi connectivity index (χ2v) is 5.38. The normalized spacial score (nSPS) is 11.7. The summed E-state index contributed by atoms with van der Waals surface area (Å²) in [7, 11) is 0. The van der Waals surface area contributed by atoms with Crippen LogP contribution in [-0.2, 0) is 4.79 Å². The lowest BCUT2D eigenvalue weighted by molar-refractivity contribution is -0.305. The molecule has 0 heterocycles. The Morgan fingerprint density at radius 2 is 1.30 bits per heavy atom. The van der Waals surface area contributed by atoms with E-state index < -0.39 is 5.97 Å². The minimum absolute atomic E-state index is 0.216. The first-order chi connectivity index (χ1) is 9.77. The van der Waals surface area contributed by atoms with Gasteiger partial charge in [0.05, 0.1) is 0 Å². The van der Waals surface area contributed by atoms with Crippen molar-refractivity contribution in [2.45, 2.75) is 84.0 Å². The van der Waals surface area contributed by atoms with Gasteiger partial charge in [0.25, 0.3) is 0 Å². The molecular formula is C18H31O2-. The Morgan fingerprint density at radius 1 is 0.800 bits per heavy atom. The van der Waals surface area contributed by atoms with Crippen LogP contribution in [0.1, 0.15) is 84.0 Å². The van der Waals surface area contributed by atoms with Gasteiger partial charge in [-0.25, -0.2) is 0 Å². The fourth-order valence-electron chi connectivity index (χ4n) is 2.10. The zero-order valence-electron chi connectivity index (χ0n) is 13.1. The summed E-state index contributed by atoms with van der Waals surface area (Å²) < 4.78 is 0. The second-order valence-electron chi connectivity index (χ2n) is 5.38. The van der Waals surface area contributed by atoms with E-state index in [0.29, 0.717) is 0 Å². The van der Waals surface area contributed by atoms with Crippen LogP contribution in [0.5, 0.6) is 0 Å². The van der Waals surface area contributed by atoms with E-state index in [1.807, 2.05) is 0 Å². The van der Waals surface area contributed by atoms with Crippen LogP contribution in [0.25, 0.3) is 0 Å². The Balaban J connectivity index is 3.17. The number of carboxylic acid groups (broad SMARTS) is 1. The molecule has 20 heavy (non-hydrogen) atoms. The molecule has 0 spiro atoms. The summed E-state index contributed by atoms with van der Waals surface area (Å²) in [4.78, 5) is 10.2. The van der Waals surface area contributed by atoms with E-state index in [9.17, 15) is 9.90 Å². The lowest BCUT2D eigenvalue weighted by Crippen LogP contribution is -2.21. The van der Waals surface area contributed by atoms with Crippen molar-refractivity contribution in [3.8, 4) is 0 Å². The lowest BCUT2D eigenvalue weighted by atomic mass is 10.1. The van der Waals surface area contributed by atoms with Crippen LogP contribution in [0.2, 0.25) is 0 Å². The third-order valence-electron chi connectivity index (χ3n) is 3.36. The van der Waals surface area contributed by atoms with Crippen LogP contribution in [-0.4, -0.2) is 5.97 Å². The number of carbonyl (C=O) groups is 1. The number of rotatable bonds is 14. The van der Waals surface area contributed by atoms with Gasteiger partial charge >= 0.3 is 0 Å². The molecule has 0 aromatic rings. The Bertz CT molecular complexity index is 267. The van der Waals surface area contributed by atoms with Gasteiger partial charge in [0.1, 0.15) is 0 Å². The lowest BCUT2D eigenvalue weighted by Gasteiger charge is -2.01. The zero-order chi connectivity index (χ0) is 14.9. The minimum atomic E-state index is -0.919. The molecular weight excluding hydrogens is 248 g/mol. The van der Waals surface area contributed by atoms with E-state index in [2.05, 4.69) is 31.2 Å². The van der Waals surface area contributed by atoms with Crippen molar-refractivity contribution in [2.24, 2.45) is 0 Å². The molecule has 0 saturated heterocycles. The summed E-state index contributed by atoms with van der Waals surface area (Å²) in [5.41, 5.74) is 0. The average Bonchev–Trinajstić information content (AvgIpc) is 2.43. The van der Waals surface area contributed by atoms with Gasteiger partial charge in [-0.3, -0.25) is 0 Å². The molecule has 116 valence electrons. The maximum Gasteiger partial charge on any atom is 0.0414 e. The topological polar surface area (TPSA) is 40.1 Å². The van der Waals surface area contributed by atoms with Gasteiger partial charge in [0.15, 0.2) is 0 Å². The molecule has 0 aromatic heterocycles. The van der Waals surface area contributed by atoms with Crippen molar-refractivity contribution in [1.29, 1.82) is 0 Å². The number of hydrogen-bond donors (Lipinski definition) is 0. The molecule has 0 unspecified atom stereocenters. The first kappa shape index (κ1) is 18.9. The summed E-state index contributed by atoms with van der Waals surface area (Å²) >= 11 is 0. The highest BCUT2D eigenvalue weighted by molar-refractivity contribution is 5.63. The molecule has 0 rings (SSSR count). The summed E-state index contributed by atoms with van der Waals surface area (Å²) in [6.45, 7) is 2.23. The summed E-state index contributed by atoms with van der Waals surface area (Å²) in [6.07, 6.45) is 21.9. The molecule has 0 amide bonds. The number of hydrogen-bond acceptors (Lipinski definition) is 2. The number of carbonyl (C=O) groups excluding carboxylic acids is 1. The van der Waals surface area contributed by atoms with Crippen LogP contribution in [0.4, 0.5) is 0 Å². The molecule has 0 fully saturated rings. The van der Waals surface area contributed by atoms with Gasteiger partial charge in [-0.2, -0.15) is 0 Å². The molecule has 0 saturated carbocycles. The smallest absolute Gasteiger partial charge is 0.0414 e. The fourth-order valence-corrected chi connectivity index (χ4v) is 2.10. The average molecular weight is 279 g/mol. The van der Waals surface area contributed by atoms with Crippen molar-refractivity contribution in [1.82, 2.24) is 0 Å². The van der Waals surface area contributed by atoms with Crippen LogP contribution in [0.15, 0.2) is 24.3 Å². The molecule has 0 aliphatic heterocycles. The monoisotopic (exact) mass is 279 g/mol. The Hall–Kier alpha value is -1.05. The molecule has 2 heteroatoms. The minimum Gasteiger partial charge on any atom is -0.550 e. The van der Waals surface area contributed by atoms with Crippen LogP contribution in [0.3, 0.4) is 0 Å². The second kappa shape index (κ2) is 16.0. The molecule has 0 aliphatic rings. The number of allylic oxidation sites excluding steroid dienone is 4. The van der Waals surface area contributed by atoms with Crippen LogP contribution < -0.4 is 5.11 Å². The molecule has 0 N–H and O–H groups in total. The van der Waals surface area contributed by atoms with Gasteiger partial charge in [-0.15, -0.1) is 0 Å². The SMILES string of the molecule is CCCCC/C=C\C=C\CCCCCCCCC(=O)[O-]. The van der Waals surface area contributed by atoms with Crippen LogP contribution in [0, 0.1) is 0 Å². The van der Waals surface area contributed by atoms with Gasteiger partial charge in [-0.1, -0.05) is 69.8 Å². The quantitative estimate of drug-likeness (QED) is 0.346. The summed E-state index contributed by atoms with van der Waals surface area (Å²) in [5.74, 6) is -0.919. The van der Waals surface area contributed by atoms with E-state index in [0.717, 1.165) is 25.7 Å². The van der Waals surface area contributed by atoms with Crippen molar-refractivity contribution in [3.05, 3.63) is 24.3 Å². The van der Waals surface area contributed by atoms with Crippen molar-refractivity contribution >= 4 is 5.97 Å². The van der Waals surface area contributed by atoms with Gasteiger partial charge in [0.2, 0.25) is 0 Å². The predicted octanol–water partition coefficient (Wildman–Crippen LogP) is 4.55. The maximum absolute atomic E-state index is 10.2. The first-order valence-corrected chi connectivity index (χ1v) is 8.29. The molecule has 0 bridgehead atoms. The zero-order valence-corrected chi connectivity index (χ0v) is 13.1. The van der Waals surface area contributed by atoms with Gasteiger partial charge < -0.3 is 9.90 Å². The van der Waals surface area contributed by atoms with Gasteiger partial charge in [-0.05, 0) is 38.5 Å². The fraction of sp³-hybridized carbons (Fsp3) is 0.722. The van der Waals surface area contributed by atoms with Crippen molar-refractivity contribution < 1.29 is 9.90 Å². The highest BCUT2D eigenvalue weighted by Crippen LogP contribution is 2.08. The predicted molar refractivity (Wildman–Crippen MR) is 84.4 cm³/mol. The molecule has 0 radical (unpaired) electrons. The molecule has 0 atom stereocenters. The van der Waals surface area contributed by atoms with Crippen molar-refractivity contribution in [2.75, 3.05) is 0 Å². The first-order valence-electron chi connectivity index (χ1n) is 8.29. The number of carboxylic acids is 1. The Morgan fingerprint density at radius 3 is 1.85 bits per heavy atom. The van der Waals surface area contributed by atoms with Crippen molar-refractivity contribution in [3.63, 3.8) is 0 Å². The van der Waals surface area contributed by atoms with E-state index >= 15 is 0 Å². The molecule has 0 aliphatic carbocycles.